The van der Waals surface area contributed by atoms with Crippen LogP contribution in [0.1, 0.15) is 29.7 Å². The van der Waals surface area contributed by atoms with Crippen molar-refractivity contribution in [2.75, 3.05) is 12.8 Å². The van der Waals surface area contributed by atoms with E-state index in [1.807, 2.05) is 61.5 Å². The number of carbonyl (C=O) groups is 1. The molecule has 134 valence electrons. The Hall–Kier alpha value is -2.18. The zero-order chi connectivity index (χ0) is 18.4. The van der Waals surface area contributed by atoms with E-state index < -0.39 is 16.1 Å². The molecule has 1 N–H and O–H groups in total. The number of benzene rings is 2. The van der Waals surface area contributed by atoms with Crippen molar-refractivity contribution < 1.29 is 13.2 Å². The van der Waals surface area contributed by atoms with Gasteiger partial charge in [-0.2, -0.15) is 4.31 Å². The van der Waals surface area contributed by atoms with Gasteiger partial charge in [-0.05, 0) is 25.0 Å². The van der Waals surface area contributed by atoms with Crippen molar-refractivity contribution >= 4 is 15.9 Å². The van der Waals surface area contributed by atoms with Crippen molar-refractivity contribution in [2.45, 2.75) is 26.4 Å². The van der Waals surface area contributed by atoms with E-state index in [4.69, 9.17) is 0 Å². The Morgan fingerprint density at radius 1 is 1.08 bits per heavy atom. The van der Waals surface area contributed by atoms with Crippen LogP contribution in [0, 0.1) is 6.92 Å². The van der Waals surface area contributed by atoms with Gasteiger partial charge in [0.15, 0.2) is 0 Å². The van der Waals surface area contributed by atoms with Crippen LogP contribution in [0.4, 0.5) is 0 Å². The first-order valence-corrected chi connectivity index (χ1v) is 9.96. The zero-order valence-electron chi connectivity index (χ0n) is 14.8. The summed E-state index contributed by atoms with van der Waals surface area (Å²) in [5.41, 5.74) is 2.97. The maximum atomic E-state index is 12.3. The van der Waals surface area contributed by atoms with Gasteiger partial charge in [0.05, 0.1) is 12.8 Å². The van der Waals surface area contributed by atoms with Gasteiger partial charge in [0.1, 0.15) is 0 Å². The molecule has 0 aliphatic rings. The van der Waals surface area contributed by atoms with Crippen LogP contribution >= 0.6 is 0 Å². The normalized spacial score (nSPS) is 12.8. The molecule has 1 unspecified atom stereocenters. The molecule has 0 heterocycles. The highest BCUT2D eigenvalue weighted by Crippen LogP contribution is 2.22. The molecule has 0 radical (unpaired) electrons. The average Bonchev–Trinajstić information content (AvgIpc) is 2.58. The van der Waals surface area contributed by atoms with E-state index in [2.05, 4.69) is 5.32 Å². The van der Waals surface area contributed by atoms with E-state index in [1.54, 1.807) is 6.92 Å². The van der Waals surface area contributed by atoms with Crippen molar-refractivity contribution in [3.63, 3.8) is 0 Å². The maximum absolute atomic E-state index is 12.3. The summed E-state index contributed by atoms with van der Waals surface area (Å²) >= 11 is 0. The molecule has 0 saturated carbocycles. The number of amides is 1. The fraction of sp³-hybridized carbons (Fsp3) is 0.316. The van der Waals surface area contributed by atoms with Gasteiger partial charge in [0.25, 0.3) is 0 Å². The molecule has 6 heteroatoms. The lowest BCUT2D eigenvalue weighted by atomic mass is 10.1. The van der Waals surface area contributed by atoms with Gasteiger partial charge in [0.2, 0.25) is 15.9 Å². The first-order chi connectivity index (χ1) is 11.8. The second kappa shape index (κ2) is 8.27. The highest BCUT2D eigenvalue weighted by molar-refractivity contribution is 7.88. The molecule has 5 nitrogen and oxygen atoms in total. The number of hydrogen-bond acceptors (Lipinski definition) is 3. The highest BCUT2D eigenvalue weighted by Gasteiger charge is 2.26. The molecule has 2 aromatic rings. The fourth-order valence-corrected chi connectivity index (χ4v) is 3.59. The standard InChI is InChI=1S/C19H24N2O3S/c1-15-9-11-17(12-10-15)13-20-19(22)14-21(25(3,23)24)16(2)18-7-5-4-6-8-18/h4-12,16H,13-14H2,1-3H3,(H,20,22). The van der Waals surface area contributed by atoms with Gasteiger partial charge >= 0.3 is 0 Å². The van der Waals surface area contributed by atoms with Crippen LogP contribution < -0.4 is 5.32 Å². The Kier molecular flexibility index (Phi) is 6.33. The van der Waals surface area contributed by atoms with Crippen molar-refractivity contribution in [3.05, 3.63) is 71.3 Å². The summed E-state index contributed by atoms with van der Waals surface area (Å²) in [6.45, 7) is 3.94. The lowest BCUT2D eigenvalue weighted by Crippen LogP contribution is -2.41. The molecular weight excluding hydrogens is 336 g/mol. The van der Waals surface area contributed by atoms with Crippen LogP contribution in [-0.4, -0.2) is 31.4 Å². The topological polar surface area (TPSA) is 66.5 Å². The van der Waals surface area contributed by atoms with Gasteiger partial charge in [-0.1, -0.05) is 60.2 Å². The quantitative estimate of drug-likeness (QED) is 0.825. The number of aryl methyl sites for hydroxylation is 1. The Morgan fingerprint density at radius 2 is 1.68 bits per heavy atom. The Balaban J connectivity index is 2.04. The third-order valence-corrected chi connectivity index (χ3v) is 5.35. The summed E-state index contributed by atoms with van der Waals surface area (Å²) < 4.78 is 25.5. The van der Waals surface area contributed by atoms with E-state index in [0.717, 1.165) is 22.9 Å². The van der Waals surface area contributed by atoms with Crippen LogP contribution in [0.3, 0.4) is 0 Å². The molecule has 2 rings (SSSR count). The van der Waals surface area contributed by atoms with Gasteiger partial charge in [0, 0.05) is 12.6 Å². The van der Waals surface area contributed by atoms with Crippen LogP contribution in [-0.2, 0) is 21.4 Å². The third-order valence-electron chi connectivity index (χ3n) is 4.05. The van der Waals surface area contributed by atoms with E-state index >= 15 is 0 Å². The van der Waals surface area contributed by atoms with Crippen LogP contribution in [0.25, 0.3) is 0 Å². The van der Waals surface area contributed by atoms with Gasteiger partial charge in [-0.3, -0.25) is 4.79 Å². The largest absolute Gasteiger partial charge is 0.351 e. The number of nitrogens with one attached hydrogen (secondary N) is 1. The smallest absolute Gasteiger partial charge is 0.235 e. The van der Waals surface area contributed by atoms with Crippen molar-refractivity contribution in [1.82, 2.24) is 9.62 Å². The molecule has 0 aliphatic heterocycles. The van der Waals surface area contributed by atoms with E-state index in [-0.39, 0.29) is 12.5 Å². The fourth-order valence-electron chi connectivity index (χ4n) is 2.54. The van der Waals surface area contributed by atoms with Crippen LogP contribution in [0.2, 0.25) is 0 Å². The molecule has 0 saturated heterocycles. The lowest BCUT2D eigenvalue weighted by Gasteiger charge is -2.26. The molecule has 0 aliphatic carbocycles. The Bertz CT molecular complexity index is 802. The van der Waals surface area contributed by atoms with E-state index in [0.29, 0.717) is 6.54 Å². The summed E-state index contributed by atoms with van der Waals surface area (Å²) in [4.78, 5) is 12.3. The third kappa shape index (κ3) is 5.69. The number of rotatable bonds is 7. The second-order valence-electron chi connectivity index (χ2n) is 6.16. The summed E-state index contributed by atoms with van der Waals surface area (Å²) in [5.74, 6) is -0.325. The molecule has 1 atom stereocenters. The molecule has 0 aromatic heterocycles. The lowest BCUT2D eigenvalue weighted by molar-refractivity contribution is -0.121. The average molecular weight is 360 g/mol. The van der Waals surface area contributed by atoms with Gasteiger partial charge in [-0.15, -0.1) is 0 Å². The first kappa shape index (κ1) is 19.1. The Labute approximate surface area is 149 Å². The highest BCUT2D eigenvalue weighted by atomic mass is 32.2. The summed E-state index contributed by atoms with van der Waals surface area (Å²) in [6, 6.07) is 16.7. The number of carbonyl (C=O) groups excluding carboxylic acids is 1. The molecule has 25 heavy (non-hydrogen) atoms. The first-order valence-electron chi connectivity index (χ1n) is 8.11. The van der Waals surface area contributed by atoms with Gasteiger partial charge in [-0.25, -0.2) is 8.42 Å². The summed E-state index contributed by atoms with van der Waals surface area (Å²) in [5, 5.41) is 2.78. The van der Waals surface area contributed by atoms with Crippen molar-refractivity contribution in [1.29, 1.82) is 0 Å². The molecule has 0 spiro atoms. The monoisotopic (exact) mass is 360 g/mol. The molecule has 1 amide bonds. The number of nitrogens with zero attached hydrogens (tertiary/aromatic N) is 1. The Morgan fingerprint density at radius 3 is 2.24 bits per heavy atom. The minimum atomic E-state index is -3.52. The maximum Gasteiger partial charge on any atom is 0.235 e. The minimum Gasteiger partial charge on any atom is -0.351 e. The molecule has 0 fully saturated rings. The predicted octanol–water partition coefficient (Wildman–Crippen LogP) is 2.63. The summed E-state index contributed by atoms with van der Waals surface area (Å²) in [7, 11) is -3.52. The SMILES string of the molecule is Cc1ccc(CNC(=O)CN(C(C)c2ccccc2)S(C)(=O)=O)cc1. The number of sulfonamides is 1. The molecule has 2 aromatic carbocycles. The van der Waals surface area contributed by atoms with Crippen molar-refractivity contribution in [3.8, 4) is 0 Å². The van der Waals surface area contributed by atoms with Crippen LogP contribution in [0.15, 0.2) is 54.6 Å². The minimum absolute atomic E-state index is 0.208. The zero-order valence-corrected chi connectivity index (χ0v) is 15.6. The number of hydrogen-bond donors (Lipinski definition) is 1. The van der Waals surface area contributed by atoms with E-state index in [1.165, 1.54) is 4.31 Å². The molecule has 0 bridgehead atoms. The second-order valence-corrected chi connectivity index (χ2v) is 8.09. The predicted molar refractivity (Wildman–Crippen MR) is 99.4 cm³/mol. The van der Waals surface area contributed by atoms with E-state index in [9.17, 15) is 13.2 Å². The van der Waals surface area contributed by atoms with Crippen LogP contribution in [0.5, 0.6) is 0 Å². The molecular formula is C19H24N2O3S. The van der Waals surface area contributed by atoms with Gasteiger partial charge < -0.3 is 5.32 Å². The van der Waals surface area contributed by atoms with Crippen molar-refractivity contribution in [2.24, 2.45) is 0 Å². The summed E-state index contributed by atoms with van der Waals surface area (Å²) in [6.07, 6.45) is 1.12.